The van der Waals surface area contributed by atoms with Crippen molar-refractivity contribution in [3.63, 3.8) is 0 Å². The Balaban J connectivity index is 1.85. The van der Waals surface area contributed by atoms with E-state index < -0.39 is 0 Å². The summed E-state index contributed by atoms with van der Waals surface area (Å²) in [6.45, 7) is 1.97. The number of aryl methyl sites for hydroxylation is 2. The summed E-state index contributed by atoms with van der Waals surface area (Å²) in [5, 5.41) is 0. The molecule has 0 bridgehead atoms. The van der Waals surface area contributed by atoms with Gasteiger partial charge in [0, 0.05) is 6.42 Å². The van der Waals surface area contributed by atoms with Gasteiger partial charge in [-0.2, -0.15) is 0 Å². The molecule has 0 radical (unpaired) electrons. The molecule has 3 heteroatoms. The van der Waals surface area contributed by atoms with E-state index in [-0.39, 0.29) is 5.97 Å². The summed E-state index contributed by atoms with van der Waals surface area (Å²) in [5.41, 5.74) is 2.16. The van der Waals surface area contributed by atoms with Gasteiger partial charge in [-0.3, -0.25) is 4.79 Å². The molecular weight excluding hydrogens is 252 g/mol. The van der Waals surface area contributed by atoms with Crippen LogP contribution in [0.5, 0.6) is 11.5 Å². The molecule has 0 amide bonds. The second-order valence-corrected chi connectivity index (χ2v) is 4.64. The number of benzene rings is 2. The minimum Gasteiger partial charge on any atom is -0.497 e. The fraction of sp³-hybridized carbons (Fsp3) is 0.235. The monoisotopic (exact) mass is 270 g/mol. The largest absolute Gasteiger partial charge is 0.497 e. The Labute approximate surface area is 119 Å². The number of rotatable bonds is 5. The van der Waals surface area contributed by atoms with Crippen LogP contribution in [0.4, 0.5) is 0 Å². The van der Waals surface area contributed by atoms with Crippen molar-refractivity contribution in [3.8, 4) is 11.5 Å². The molecule has 0 atom stereocenters. The Morgan fingerprint density at radius 1 is 1.05 bits per heavy atom. The molecule has 0 spiro atoms. The van der Waals surface area contributed by atoms with Gasteiger partial charge in [0.1, 0.15) is 11.5 Å². The average molecular weight is 270 g/mol. The number of methoxy groups -OCH3 is 1. The molecule has 0 fully saturated rings. The minimum absolute atomic E-state index is 0.216. The molecule has 2 aromatic carbocycles. The summed E-state index contributed by atoms with van der Waals surface area (Å²) in [5.74, 6) is 1.20. The van der Waals surface area contributed by atoms with Crippen LogP contribution in [0.15, 0.2) is 48.5 Å². The lowest BCUT2D eigenvalue weighted by Gasteiger charge is -2.06. The molecule has 0 aliphatic rings. The van der Waals surface area contributed by atoms with Crippen molar-refractivity contribution >= 4 is 5.97 Å². The summed E-state index contributed by atoms with van der Waals surface area (Å²) in [6.07, 6.45) is 1.02. The summed E-state index contributed by atoms with van der Waals surface area (Å²) in [4.78, 5) is 11.8. The molecule has 0 aliphatic heterocycles. The van der Waals surface area contributed by atoms with Crippen LogP contribution < -0.4 is 9.47 Å². The summed E-state index contributed by atoms with van der Waals surface area (Å²) in [6, 6.07) is 15.2. The maximum absolute atomic E-state index is 11.8. The first-order chi connectivity index (χ1) is 9.67. The number of hydrogen-bond acceptors (Lipinski definition) is 3. The Morgan fingerprint density at radius 3 is 2.45 bits per heavy atom. The van der Waals surface area contributed by atoms with Gasteiger partial charge in [-0.15, -0.1) is 0 Å². The molecule has 20 heavy (non-hydrogen) atoms. The van der Waals surface area contributed by atoms with E-state index >= 15 is 0 Å². The number of carbonyl (C=O) groups is 1. The zero-order valence-corrected chi connectivity index (χ0v) is 11.8. The molecule has 3 nitrogen and oxygen atoms in total. The highest BCUT2D eigenvalue weighted by molar-refractivity contribution is 5.72. The van der Waals surface area contributed by atoms with E-state index in [4.69, 9.17) is 9.47 Å². The Morgan fingerprint density at radius 2 is 1.80 bits per heavy atom. The van der Waals surface area contributed by atoms with Crippen molar-refractivity contribution < 1.29 is 14.3 Å². The predicted octanol–water partition coefficient (Wildman–Crippen LogP) is 3.54. The smallest absolute Gasteiger partial charge is 0.311 e. The van der Waals surface area contributed by atoms with Crippen LogP contribution in [0.25, 0.3) is 0 Å². The third-order valence-electron chi connectivity index (χ3n) is 3.00. The molecule has 0 aromatic heterocycles. The van der Waals surface area contributed by atoms with Crippen LogP contribution >= 0.6 is 0 Å². The average Bonchev–Trinajstić information content (AvgIpc) is 2.46. The highest BCUT2D eigenvalue weighted by Crippen LogP contribution is 2.15. The lowest BCUT2D eigenvalue weighted by molar-refractivity contribution is -0.134. The zero-order chi connectivity index (χ0) is 14.4. The molecule has 0 aliphatic carbocycles. The number of esters is 1. The lowest BCUT2D eigenvalue weighted by Crippen LogP contribution is -2.09. The summed E-state index contributed by atoms with van der Waals surface area (Å²) >= 11 is 0. The van der Waals surface area contributed by atoms with Crippen LogP contribution in [0, 0.1) is 6.92 Å². The first kappa shape index (κ1) is 14.1. The molecule has 104 valence electrons. The van der Waals surface area contributed by atoms with E-state index in [2.05, 4.69) is 0 Å². The Bertz CT molecular complexity index is 573. The van der Waals surface area contributed by atoms with Gasteiger partial charge in [-0.05, 0) is 48.7 Å². The lowest BCUT2D eigenvalue weighted by atomic mass is 10.1. The van der Waals surface area contributed by atoms with Crippen molar-refractivity contribution in [1.29, 1.82) is 0 Å². The molecule has 0 unspecified atom stereocenters. The quantitative estimate of drug-likeness (QED) is 0.615. The van der Waals surface area contributed by atoms with Crippen molar-refractivity contribution in [2.45, 2.75) is 19.8 Å². The van der Waals surface area contributed by atoms with Gasteiger partial charge in [-0.1, -0.05) is 24.3 Å². The van der Waals surface area contributed by atoms with E-state index in [9.17, 15) is 4.79 Å². The maximum atomic E-state index is 11.8. The van der Waals surface area contributed by atoms with Crippen LogP contribution in [0.1, 0.15) is 17.5 Å². The fourth-order valence-corrected chi connectivity index (χ4v) is 1.90. The molecule has 2 rings (SSSR count). The van der Waals surface area contributed by atoms with Crippen LogP contribution in [-0.2, 0) is 11.2 Å². The first-order valence-corrected chi connectivity index (χ1v) is 6.57. The second kappa shape index (κ2) is 6.75. The molecule has 0 saturated carbocycles. The minimum atomic E-state index is -0.216. The SMILES string of the molecule is COc1ccc(CCC(=O)Oc2cccc(C)c2)cc1. The van der Waals surface area contributed by atoms with E-state index in [1.165, 1.54) is 0 Å². The third-order valence-corrected chi connectivity index (χ3v) is 3.00. The van der Waals surface area contributed by atoms with Crippen molar-refractivity contribution in [3.05, 3.63) is 59.7 Å². The number of carbonyl (C=O) groups excluding carboxylic acids is 1. The standard InChI is InChI=1S/C17H18O3/c1-13-4-3-5-16(12-13)20-17(18)11-8-14-6-9-15(19-2)10-7-14/h3-7,9-10,12H,8,11H2,1-2H3. The van der Waals surface area contributed by atoms with Gasteiger partial charge in [-0.25, -0.2) is 0 Å². The topological polar surface area (TPSA) is 35.5 Å². The van der Waals surface area contributed by atoms with Crippen LogP contribution in [0.3, 0.4) is 0 Å². The van der Waals surface area contributed by atoms with Crippen molar-refractivity contribution in [1.82, 2.24) is 0 Å². The van der Waals surface area contributed by atoms with Gasteiger partial charge in [0.15, 0.2) is 0 Å². The Hall–Kier alpha value is -2.29. The molecule has 0 N–H and O–H groups in total. The van der Waals surface area contributed by atoms with Crippen LogP contribution in [-0.4, -0.2) is 13.1 Å². The van der Waals surface area contributed by atoms with Crippen LogP contribution in [0.2, 0.25) is 0 Å². The summed E-state index contributed by atoms with van der Waals surface area (Å²) in [7, 11) is 1.63. The third kappa shape index (κ3) is 4.12. The van der Waals surface area contributed by atoms with Gasteiger partial charge >= 0.3 is 5.97 Å². The van der Waals surface area contributed by atoms with Gasteiger partial charge in [0.25, 0.3) is 0 Å². The molecule has 0 heterocycles. The van der Waals surface area contributed by atoms with Crippen molar-refractivity contribution in [2.75, 3.05) is 7.11 Å². The second-order valence-electron chi connectivity index (χ2n) is 4.64. The Kier molecular flexibility index (Phi) is 4.77. The number of hydrogen-bond donors (Lipinski definition) is 0. The van der Waals surface area contributed by atoms with E-state index in [1.807, 2.05) is 49.4 Å². The maximum Gasteiger partial charge on any atom is 0.311 e. The van der Waals surface area contributed by atoms with E-state index in [0.29, 0.717) is 18.6 Å². The molecule has 2 aromatic rings. The van der Waals surface area contributed by atoms with Gasteiger partial charge < -0.3 is 9.47 Å². The van der Waals surface area contributed by atoms with E-state index in [0.717, 1.165) is 16.9 Å². The first-order valence-electron chi connectivity index (χ1n) is 6.57. The molecule has 0 saturated heterocycles. The molecular formula is C17H18O3. The number of ether oxygens (including phenoxy) is 2. The normalized spacial score (nSPS) is 10.1. The van der Waals surface area contributed by atoms with Gasteiger partial charge in [0.05, 0.1) is 7.11 Å². The van der Waals surface area contributed by atoms with E-state index in [1.54, 1.807) is 13.2 Å². The van der Waals surface area contributed by atoms with Gasteiger partial charge in [0.2, 0.25) is 0 Å². The predicted molar refractivity (Wildman–Crippen MR) is 78.1 cm³/mol. The zero-order valence-electron chi connectivity index (χ0n) is 11.8. The van der Waals surface area contributed by atoms with Crippen molar-refractivity contribution in [2.24, 2.45) is 0 Å². The summed E-state index contributed by atoms with van der Waals surface area (Å²) < 4.78 is 10.4. The highest BCUT2D eigenvalue weighted by Gasteiger charge is 2.05. The fourth-order valence-electron chi connectivity index (χ4n) is 1.90. The highest BCUT2D eigenvalue weighted by atomic mass is 16.5.